The zero-order valence-electron chi connectivity index (χ0n) is 15.0. The molecule has 10 heteroatoms. The van der Waals surface area contributed by atoms with Gasteiger partial charge in [-0.2, -0.15) is 0 Å². The van der Waals surface area contributed by atoms with Crippen molar-refractivity contribution in [3.63, 3.8) is 0 Å². The standard InChI is InChI=1S/C17H19Cl2N5O3/c1-4-24(5-2)17-20-9-12(19)14(21-17)16(26)23-22-15(25)11-7-6-10(18)8-13(11)27-3/h6-9H,4-5H2,1-3H3,(H,22,25)(H,23,26). The maximum Gasteiger partial charge on any atom is 0.290 e. The van der Waals surface area contributed by atoms with E-state index < -0.39 is 11.8 Å². The van der Waals surface area contributed by atoms with Crippen LogP contribution in [0, 0.1) is 0 Å². The van der Waals surface area contributed by atoms with Crippen LogP contribution < -0.4 is 20.5 Å². The van der Waals surface area contributed by atoms with E-state index in [1.165, 1.54) is 25.4 Å². The van der Waals surface area contributed by atoms with Crippen molar-refractivity contribution in [1.29, 1.82) is 0 Å². The average Bonchev–Trinajstić information content (AvgIpc) is 2.67. The summed E-state index contributed by atoms with van der Waals surface area (Å²) < 4.78 is 5.12. The molecule has 2 rings (SSSR count). The molecule has 2 aromatic rings. The number of hydrogen-bond acceptors (Lipinski definition) is 6. The van der Waals surface area contributed by atoms with Crippen LogP contribution >= 0.6 is 23.2 Å². The van der Waals surface area contributed by atoms with Gasteiger partial charge >= 0.3 is 0 Å². The molecule has 0 unspecified atom stereocenters. The van der Waals surface area contributed by atoms with Crippen molar-refractivity contribution in [2.24, 2.45) is 0 Å². The lowest BCUT2D eigenvalue weighted by Gasteiger charge is -2.19. The fourth-order valence-corrected chi connectivity index (χ4v) is 2.61. The van der Waals surface area contributed by atoms with Gasteiger partial charge in [-0.1, -0.05) is 23.2 Å². The highest BCUT2D eigenvalue weighted by molar-refractivity contribution is 6.33. The van der Waals surface area contributed by atoms with E-state index in [0.29, 0.717) is 24.1 Å². The summed E-state index contributed by atoms with van der Waals surface area (Å²) in [7, 11) is 1.41. The van der Waals surface area contributed by atoms with Crippen molar-refractivity contribution in [1.82, 2.24) is 20.8 Å². The molecular formula is C17H19Cl2N5O3. The first-order valence-corrected chi connectivity index (χ1v) is 8.88. The van der Waals surface area contributed by atoms with Crippen LogP contribution in [0.15, 0.2) is 24.4 Å². The molecule has 1 heterocycles. The SMILES string of the molecule is CCN(CC)c1ncc(Cl)c(C(=O)NNC(=O)c2ccc(Cl)cc2OC)n1. The van der Waals surface area contributed by atoms with E-state index in [1.807, 2.05) is 18.7 Å². The number of aromatic nitrogens is 2. The van der Waals surface area contributed by atoms with Crippen LogP contribution in [0.2, 0.25) is 10.0 Å². The molecule has 1 aromatic carbocycles. The smallest absolute Gasteiger partial charge is 0.290 e. The Balaban J connectivity index is 2.14. The number of carbonyl (C=O) groups excluding carboxylic acids is 2. The van der Waals surface area contributed by atoms with E-state index in [4.69, 9.17) is 27.9 Å². The number of benzene rings is 1. The summed E-state index contributed by atoms with van der Waals surface area (Å²) in [5.74, 6) is -0.596. The molecule has 0 saturated heterocycles. The Morgan fingerprint density at radius 2 is 1.81 bits per heavy atom. The number of halogens is 2. The van der Waals surface area contributed by atoms with Gasteiger partial charge in [-0.05, 0) is 32.0 Å². The van der Waals surface area contributed by atoms with Crippen molar-refractivity contribution in [3.05, 3.63) is 45.7 Å². The van der Waals surface area contributed by atoms with Gasteiger partial charge in [0.15, 0.2) is 5.69 Å². The molecule has 0 spiro atoms. The molecule has 1 aromatic heterocycles. The minimum absolute atomic E-state index is 0.0445. The number of hydrogen-bond donors (Lipinski definition) is 2. The van der Waals surface area contributed by atoms with E-state index in [9.17, 15) is 9.59 Å². The molecule has 0 aliphatic heterocycles. The number of methoxy groups -OCH3 is 1. The molecule has 0 aliphatic rings. The van der Waals surface area contributed by atoms with Gasteiger partial charge in [0.05, 0.1) is 23.9 Å². The summed E-state index contributed by atoms with van der Waals surface area (Å²) in [6.45, 7) is 5.24. The fraction of sp³-hybridized carbons (Fsp3) is 0.294. The van der Waals surface area contributed by atoms with E-state index in [2.05, 4.69) is 20.8 Å². The Morgan fingerprint density at radius 1 is 1.15 bits per heavy atom. The quantitative estimate of drug-likeness (QED) is 0.709. The first kappa shape index (κ1) is 20.7. The number of hydrazine groups is 1. The maximum absolute atomic E-state index is 12.4. The summed E-state index contributed by atoms with van der Waals surface area (Å²) in [4.78, 5) is 34.9. The van der Waals surface area contributed by atoms with Crippen LogP contribution in [0.1, 0.15) is 34.7 Å². The first-order valence-electron chi connectivity index (χ1n) is 8.12. The third-order valence-electron chi connectivity index (χ3n) is 3.69. The summed E-state index contributed by atoms with van der Waals surface area (Å²) in [6, 6.07) is 4.52. The normalized spacial score (nSPS) is 10.3. The topological polar surface area (TPSA) is 96.5 Å². The molecule has 27 heavy (non-hydrogen) atoms. The Kier molecular flexibility index (Phi) is 7.20. The Hall–Kier alpha value is -2.58. The molecule has 0 bridgehead atoms. The fourth-order valence-electron chi connectivity index (χ4n) is 2.27. The van der Waals surface area contributed by atoms with Crippen molar-refractivity contribution in [2.75, 3.05) is 25.1 Å². The Labute approximate surface area is 166 Å². The molecule has 0 fully saturated rings. The lowest BCUT2D eigenvalue weighted by atomic mass is 10.2. The van der Waals surface area contributed by atoms with E-state index >= 15 is 0 Å². The largest absolute Gasteiger partial charge is 0.496 e. The van der Waals surface area contributed by atoms with Crippen LogP contribution in [0.5, 0.6) is 5.75 Å². The number of amides is 2. The second-order valence-electron chi connectivity index (χ2n) is 5.29. The van der Waals surface area contributed by atoms with Gasteiger partial charge in [0.1, 0.15) is 5.75 Å². The van der Waals surface area contributed by atoms with Gasteiger partial charge in [0.2, 0.25) is 5.95 Å². The summed E-state index contributed by atoms with van der Waals surface area (Å²) in [5.41, 5.74) is 4.75. The predicted octanol–water partition coefficient (Wildman–Crippen LogP) is 2.71. The predicted molar refractivity (Wildman–Crippen MR) is 104 cm³/mol. The van der Waals surface area contributed by atoms with Crippen molar-refractivity contribution >= 4 is 41.0 Å². The first-order chi connectivity index (χ1) is 12.9. The molecule has 2 amide bonds. The van der Waals surface area contributed by atoms with Gasteiger partial charge in [0.25, 0.3) is 11.8 Å². The van der Waals surface area contributed by atoms with Gasteiger partial charge in [-0.3, -0.25) is 20.4 Å². The molecule has 2 N–H and O–H groups in total. The number of nitrogens with one attached hydrogen (secondary N) is 2. The lowest BCUT2D eigenvalue weighted by molar-refractivity contribution is 0.0842. The summed E-state index contributed by atoms with van der Waals surface area (Å²) >= 11 is 11.9. The Bertz CT molecular complexity index is 843. The zero-order chi connectivity index (χ0) is 20.0. The van der Waals surface area contributed by atoms with Crippen LogP contribution in [0.25, 0.3) is 0 Å². The van der Waals surface area contributed by atoms with Gasteiger partial charge in [0, 0.05) is 18.1 Å². The molecule has 8 nitrogen and oxygen atoms in total. The molecule has 144 valence electrons. The monoisotopic (exact) mass is 411 g/mol. The maximum atomic E-state index is 12.4. The van der Waals surface area contributed by atoms with Gasteiger partial charge in [-0.15, -0.1) is 0 Å². The molecule has 0 aliphatic carbocycles. The van der Waals surface area contributed by atoms with Crippen molar-refractivity contribution in [3.8, 4) is 5.75 Å². The third kappa shape index (κ3) is 4.99. The third-order valence-corrected chi connectivity index (χ3v) is 4.20. The molecule has 0 radical (unpaired) electrons. The summed E-state index contributed by atoms with van der Waals surface area (Å²) in [5, 5.41) is 0.492. The lowest BCUT2D eigenvalue weighted by Crippen LogP contribution is -2.42. The molecular weight excluding hydrogens is 393 g/mol. The van der Waals surface area contributed by atoms with Crippen molar-refractivity contribution < 1.29 is 14.3 Å². The average molecular weight is 412 g/mol. The number of ether oxygens (including phenoxy) is 1. The van der Waals surface area contributed by atoms with Crippen LogP contribution in [0.4, 0.5) is 5.95 Å². The van der Waals surface area contributed by atoms with Crippen LogP contribution in [0.3, 0.4) is 0 Å². The highest BCUT2D eigenvalue weighted by Crippen LogP contribution is 2.23. The van der Waals surface area contributed by atoms with E-state index in [-0.39, 0.29) is 22.0 Å². The number of rotatable bonds is 6. The Morgan fingerprint density at radius 3 is 2.44 bits per heavy atom. The molecule has 0 saturated carbocycles. The van der Waals surface area contributed by atoms with E-state index in [1.54, 1.807) is 6.07 Å². The number of nitrogens with zero attached hydrogens (tertiary/aromatic N) is 3. The zero-order valence-corrected chi connectivity index (χ0v) is 16.6. The van der Waals surface area contributed by atoms with Crippen molar-refractivity contribution in [2.45, 2.75) is 13.8 Å². The summed E-state index contributed by atoms with van der Waals surface area (Å²) in [6.07, 6.45) is 1.35. The van der Waals surface area contributed by atoms with Crippen LogP contribution in [-0.2, 0) is 0 Å². The van der Waals surface area contributed by atoms with Gasteiger partial charge in [-0.25, -0.2) is 9.97 Å². The minimum Gasteiger partial charge on any atom is -0.496 e. The second-order valence-corrected chi connectivity index (χ2v) is 6.14. The highest BCUT2D eigenvalue weighted by atomic mass is 35.5. The van der Waals surface area contributed by atoms with Crippen LogP contribution in [-0.4, -0.2) is 42.0 Å². The second kappa shape index (κ2) is 9.38. The molecule has 0 atom stereocenters. The number of carbonyl (C=O) groups is 2. The highest BCUT2D eigenvalue weighted by Gasteiger charge is 2.18. The van der Waals surface area contributed by atoms with Gasteiger partial charge < -0.3 is 9.64 Å². The van der Waals surface area contributed by atoms with E-state index in [0.717, 1.165) is 0 Å². The number of anilines is 1. The minimum atomic E-state index is -0.669.